The summed E-state index contributed by atoms with van der Waals surface area (Å²) in [7, 11) is 2.11. The molecule has 0 heterocycles. The first-order chi connectivity index (χ1) is 6.54. The zero-order chi connectivity index (χ0) is 10.7. The largest absolute Gasteiger partial charge is 0.316 e. The van der Waals surface area contributed by atoms with Gasteiger partial charge in [0.15, 0.2) is 0 Å². The van der Waals surface area contributed by atoms with Gasteiger partial charge in [0.05, 0.1) is 0 Å². The summed E-state index contributed by atoms with van der Waals surface area (Å²) in [6.45, 7) is 9.51. The first-order valence-corrected chi connectivity index (χ1v) is 6.21. The average molecular weight is 197 g/mol. The molecule has 0 amide bonds. The van der Waals surface area contributed by atoms with E-state index in [-0.39, 0.29) is 0 Å². The van der Waals surface area contributed by atoms with E-state index in [1.165, 1.54) is 19.3 Å². The van der Waals surface area contributed by atoms with Gasteiger partial charge in [0.2, 0.25) is 0 Å². The molecule has 1 aliphatic rings. The second-order valence-corrected chi connectivity index (χ2v) is 5.74. The van der Waals surface area contributed by atoms with Gasteiger partial charge in [-0.2, -0.15) is 0 Å². The van der Waals surface area contributed by atoms with Gasteiger partial charge in [-0.15, -0.1) is 0 Å². The lowest BCUT2D eigenvalue weighted by Gasteiger charge is -2.39. The van der Waals surface area contributed by atoms with Crippen LogP contribution in [0.25, 0.3) is 0 Å². The molecule has 0 bridgehead atoms. The van der Waals surface area contributed by atoms with E-state index >= 15 is 0 Å². The van der Waals surface area contributed by atoms with Gasteiger partial charge in [-0.3, -0.25) is 0 Å². The quantitative estimate of drug-likeness (QED) is 0.732. The van der Waals surface area contributed by atoms with Crippen LogP contribution in [-0.2, 0) is 0 Å². The number of hydrogen-bond donors (Lipinski definition) is 1. The Balaban J connectivity index is 2.47. The lowest BCUT2D eigenvalue weighted by molar-refractivity contribution is 0.146. The van der Waals surface area contributed by atoms with Crippen molar-refractivity contribution in [3.05, 3.63) is 0 Å². The zero-order valence-electron chi connectivity index (χ0n) is 10.5. The maximum Gasteiger partial charge on any atom is 0.0115 e. The molecule has 1 nitrogen and oxygen atoms in total. The molecule has 0 saturated heterocycles. The van der Waals surface area contributed by atoms with Crippen LogP contribution in [0.5, 0.6) is 0 Å². The standard InChI is InChI=1S/C13H27N/c1-9(2)6-12-7-10(3)13(14-5)11(4)8-12/h9-14H,6-8H2,1-5H3. The molecule has 14 heavy (non-hydrogen) atoms. The molecule has 1 aliphatic carbocycles. The minimum atomic E-state index is 0.749. The zero-order valence-corrected chi connectivity index (χ0v) is 10.5. The van der Waals surface area contributed by atoms with Crippen LogP contribution in [0.3, 0.4) is 0 Å². The highest BCUT2D eigenvalue weighted by Crippen LogP contribution is 2.36. The molecule has 1 heteroatoms. The van der Waals surface area contributed by atoms with Crippen LogP contribution < -0.4 is 5.32 Å². The Morgan fingerprint density at radius 1 is 1.14 bits per heavy atom. The third-order valence-electron chi connectivity index (χ3n) is 3.77. The molecule has 1 N–H and O–H groups in total. The van der Waals surface area contributed by atoms with Gasteiger partial charge in [0.25, 0.3) is 0 Å². The molecular weight excluding hydrogens is 170 g/mol. The highest BCUT2D eigenvalue weighted by atomic mass is 14.9. The Labute approximate surface area is 89.7 Å². The van der Waals surface area contributed by atoms with Gasteiger partial charge in [0.1, 0.15) is 0 Å². The summed E-state index contributed by atoms with van der Waals surface area (Å²) in [5.41, 5.74) is 0. The monoisotopic (exact) mass is 197 g/mol. The van der Waals surface area contributed by atoms with Crippen LogP contribution in [0, 0.1) is 23.7 Å². The van der Waals surface area contributed by atoms with Crippen molar-refractivity contribution < 1.29 is 0 Å². The predicted octanol–water partition coefficient (Wildman–Crippen LogP) is 3.30. The van der Waals surface area contributed by atoms with Crippen molar-refractivity contribution in [1.29, 1.82) is 0 Å². The molecule has 2 atom stereocenters. The summed E-state index contributed by atoms with van der Waals surface area (Å²) in [6, 6.07) is 0.749. The van der Waals surface area contributed by atoms with Crippen molar-refractivity contribution in [3.63, 3.8) is 0 Å². The van der Waals surface area contributed by atoms with E-state index in [0.29, 0.717) is 0 Å². The molecule has 1 saturated carbocycles. The Morgan fingerprint density at radius 3 is 2.00 bits per heavy atom. The summed E-state index contributed by atoms with van der Waals surface area (Å²) >= 11 is 0. The second kappa shape index (κ2) is 5.16. The number of nitrogens with one attached hydrogen (secondary N) is 1. The van der Waals surface area contributed by atoms with Crippen LogP contribution >= 0.6 is 0 Å². The molecule has 1 rings (SSSR count). The topological polar surface area (TPSA) is 12.0 Å². The Kier molecular flexibility index (Phi) is 4.43. The van der Waals surface area contributed by atoms with E-state index < -0.39 is 0 Å². The average Bonchev–Trinajstić information content (AvgIpc) is 2.01. The second-order valence-electron chi connectivity index (χ2n) is 5.74. The molecule has 0 aromatic heterocycles. The summed E-state index contributed by atoms with van der Waals surface area (Å²) in [5, 5.41) is 3.48. The Morgan fingerprint density at radius 2 is 1.64 bits per heavy atom. The van der Waals surface area contributed by atoms with Gasteiger partial charge >= 0.3 is 0 Å². The normalized spacial score (nSPS) is 39.0. The van der Waals surface area contributed by atoms with E-state index in [1.54, 1.807) is 0 Å². The molecule has 0 radical (unpaired) electrons. The molecule has 0 aromatic carbocycles. The van der Waals surface area contributed by atoms with Crippen LogP contribution in [0.4, 0.5) is 0 Å². The van der Waals surface area contributed by atoms with Crippen molar-refractivity contribution >= 4 is 0 Å². The molecule has 2 unspecified atom stereocenters. The molecule has 84 valence electrons. The van der Waals surface area contributed by atoms with Gasteiger partial charge in [-0.1, -0.05) is 27.7 Å². The predicted molar refractivity (Wildman–Crippen MR) is 63.4 cm³/mol. The Bertz CT molecular complexity index is 153. The summed E-state index contributed by atoms with van der Waals surface area (Å²) in [6.07, 6.45) is 4.27. The first kappa shape index (κ1) is 12.0. The highest BCUT2D eigenvalue weighted by Gasteiger charge is 2.31. The van der Waals surface area contributed by atoms with E-state index in [4.69, 9.17) is 0 Å². The number of rotatable bonds is 3. The smallest absolute Gasteiger partial charge is 0.0115 e. The summed E-state index contributed by atoms with van der Waals surface area (Å²) in [5.74, 6) is 3.55. The summed E-state index contributed by atoms with van der Waals surface area (Å²) in [4.78, 5) is 0. The van der Waals surface area contributed by atoms with E-state index in [9.17, 15) is 0 Å². The highest BCUT2D eigenvalue weighted by molar-refractivity contribution is 4.86. The van der Waals surface area contributed by atoms with Crippen molar-refractivity contribution in [2.45, 2.75) is 53.0 Å². The van der Waals surface area contributed by atoms with E-state index in [1.807, 2.05) is 0 Å². The third kappa shape index (κ3) is 2.98. The van der Waals surface area contributed by atoms with Crippen molar-refractivity contribution in [2.75, 3.05) is 7.05 Å². The van der Waals surface area contributed by atoms with Crippen molar-refractivity contribution in [1.82, 2.24) is 5.32 Å². The third-order valence-corrected chi connectivity index (χ3v) is 3.77. The fraction of sp³-hybridized carbons (Fsp3) is 1.00. The van der Waals surface area contributed by atoms with Crippen LogP contribution in [0.2, 0.25) is 0 Å². The summed E-state index contributed by atoms with van der Waals surface area (Å²) < 4.78 is 0. The Hall–Kier alpha value is -0.0400. The van der Waals surface area contributed by atoms with Gasteiger partial charge in [0, 0.05) is 6.04 Å². The maximum atomic E-state index is 3.48. The van der Waals surface area contributed by atoms with Gasteiger partial charge < -0.3 is 5.32 Å². The molecule has 0 spiro atoms. The van der Waals surface area contributed by atoms with Crippen molar-refractivity contribution in [2.24, 2.45) is 23.7 Å². The van der Waals surface area contributed by atoms with E-state index in [0.717, 1.165) is 29.7 Å². The molecular formula is C13H27N. The first-order valence-electron chi connectivity index (χ1n) is 6.21. The maximum absolute atomic E-state index is 3.48. The number of hydrogen-bond acceptors (Lipinski definition) is 1. The van der Waals surface area contributed by atoms with Gasteiger partial charge in [-0.05, 0) is 50.0 Å². The van der Waals surface area contributed by atoms with Gasteiger partial charge in [-0.25, -0.2) is 0 Å². The molecule has 0 aromatic rings. The fourth-order valence-electron chi connectivity index (χ4n) is 3.43. The van der Waals surface area contributed by atoms with E-state index in [2.05, 4.69) is 40.1 Å². The molecule has 0 aliphatic heterocycles. The minimum Gasteiger partial charge on any atom is -0.316 e. The van der Waals surface area contributed by atoms with Crippen LogP contribution in [-0.4, -0.2) is 13.1 Å². The minimum absolute atomic E-state index is 0.749. The van der Waals surface area contributed by atoms with Crippen LogP contribution in [0.15, 0.2) is 0 Å². The van der Waals surface area contributed by atoms with Crippen LogP contribution in [0.1, 0.15) is 47.0 Å². The SMILES string of the molecule is CNC1C(C)CC(CC(C)C)CC1C. The fourth-order valence-corrected chi connectivity index (χ4v) is 3.43. The molecule has 1 fully saturated rings. The van der Waals surface area contributed by atoms with Crippen molar-refractivity contribution in [3.8, 4) is 0 Å². The lowest BCUT2D eigenvalue weighted by Crippen LogP contribution is -2.43. The lowest BCUT2D eigenvalue weighted by atomic mass is 9.71.